The first-order valence-corrected chi connectivity index (χ1v) is 13.9. The molecule has 0 heterocycles. The van der Waals surface area contributed by atoms with Crippen LogP contribution in [0.3, 0.4) is 0 Å². The first kappa shape index (κ1) is 27.6. The Morgan fingerprint density at radius 2 is 1.44 bits per heavy atom. The highest BCUT2D eigenvalue weighted by molar-refractivity contribution is 7.98. The third-order valence-electron chi connectivity index (χ3n) is 4.36. The molecule has 2 aromatic rings. The average Bonchev–Trinajstić information content (AvgIpc) is 2.76. The summed E-state index contributed by atoms with van der Waals surface area (Å²) < 4.78 is 31.1. The number of hydrogen-bond acceptors (Lipinski definition) is 7. The number of carbonyl (C=O) groups excluding carboxylic acids is 2. The molecule has 2 N–H and O–H groups in total. The number of carbonyl (C=O) groups is 2. The van der Waals surface area contributed by atoms with Crippen LogP contribution in [0.4, 0.5) is 4.79 Å². The van der Waals surface area contributed by atoms with E-state index < -0.39 is 37.0 Å². The van der Waals surface area contributed by atoms with Gasteiger partial charge in [0.15, 0.2) is 5.78 Å². The molecule has 0 aliphatic rings. The van der Waals surface area contributed by atoms with Gasteiger partial charge in [0, 0.05) is 0 Å². The molecule has 2 aromatic carbocycles. The van der Waals surface area contributed by atoms with Crippen LogP contribution in [0, 0.1) is 0 Å². The molecule has 0 aromatic heterocycles. The van der Waals surface area contributed by atoms with E-state index in [9.17, 15) is 14.2 Å². The summed E-state index contributed by atoms with van der Waals surface area (Å²) in [6, 6.07) is 16.4. The van der Waals surface area contributed by atoms with Crippen molar-refractivity contribution in [1.29, 1.82) is 0 Å². The Bertz CT molecular complexity index is 923. The third kappa shape index (κ3) is 9.31. The molecule has 0 bridgehead atoms. The first-order chi connectivity index (χ1) is 16.0. The normalized spacial score (nSPS) is 13.3. The van der Waals surface area contributed by atoms with E-state index in [1.165, 1.54) is 18.7 Å². The van der Waals surface area contributed by atoms with Crippen molar-refractivity contribution in [3.8, 4) is 11.5 Å². The SMILES string of the molecule is CSCCC(NC(=O)[C@H](C)NC(=O)OC(C)(C)C)P(=O)(Oc1ccccc1)Oc1ccccc1. The summed E-state index contributed by atoms with van der Waals surface area (Å²) in [6.07, 6.45) is 1.51. The maximum absolute atomic E-state index is 14.1. The van der Waals surface area contributed by atoms with Crippen molar-refractivity contribution in [2.75, 3.05) is 12.0 Å². The molecule has 0 saturated heterocycles. The number of alkyl carbamates (subject to hydrolysis) is 1. The molecule has 8 nitrogen and oxygen atoms in total. The van der Waals surface area contributed by atoms with Crippen molar-refractivity contribution >= 4 is 31.4 Å². The minimum atomic E-state index is -3.95. The minimum absolute atomic E-state index is 0.322. The van der Waals surface area contributed by atoms with Crippen molar-refractivity contribution in [3.05, 3.63) is 60.7 Å². The Labute approximate surface area is 205 Å². The lowest BCUT2D eigenvalue weighted by molar-refractivity contribution is -0.123. The predicted molar refractivity (Wildman–Crippen MR) is 136 cm³/mol. The number of rotatable bonds is 11. The van der Waals surface area contributed by atoms with Gasteiger partial charge < -0.3 is 24.4 Å². The number of para-hydroxylation sites is 2. The average molecular weight is 509 g/mol. The largest absolute Gasteiger partial charge is 0.452 e. The zero-order valence-electron chi connectivity index (χ0n) is 20.1. The van der Waals surface area contributed by atoms with E-state index in [4.69, 9.17) is 13.8 Å². The number of nitrogens with one attached hydrogen (secondary N) is 2. The molecular formula is C24H33N2O6PS. The fourth-order valence-electron chi connectivity index (χ4n) is 2.78. The van der Waals surface area contributed by atoms with Crippen molar-refractivity contribution in [2.45, 2.75) is 51.5 Å². The molecule has 10 heteroatoms. The Kier molecular flexibility index (Phi) is 10.3. The van der Waals surface area contributed by atoms with E-state index >= 15 is 0 Å². The zero-order valence-corrected chi connectivity index (χ0v) is 21.9. The van der Waals surface area contributed by atoms with Gasteiger partial charge in [-0.25, -0.2) is 9.36 Å². The van der Waals surface area contributed by atoms with Crippen LogP contribution in [0.1, 0.15) is 34.1 Å². The van der Waals surface area contributed by atoms with Crippen LogP contribution < -0.4 is 19.7 Å². The topological polar surface area (TPSA) is 103 Å². The number of benzene rings is 2. The van der Waals surface area contributed by atoms with Crippen LogP contribution in [0.25, 0.3) is 0 Å². The van der Waals surface area contributed by atoms with Gasteiger partial charge in [0.05, 0.1) is 0 Å². The van der Waals surface area contributed by atoms with E-state index in [2.05, 4.69) is 10.6 Å². The monoisotopic (exact) mass is 508 g/mol. The summed E-state index contributed by atoms with van der Waals surface area (Å²) in [5, 5.41) is 5.26. The Balaban J connectivity index is 2.27. The Hall–Kier alpha value is -2.64. The number of ether oxygens (including phenoxy) is 1. The van der Waals surface area contributed by atoms with E-state index in [0.29, 0.717) is 23.7 Å². The van der Waals surface area contributed by atoms with E-state index in [1.54, 1.807) is 69.3 Å². The molecule has 2 rings (SSSR count). The van der Waals surface area contributed by atoms with E-state index in [-0.39, 0.29) is 0 Å². The molecule has 186 valence electrons. The maximum Gasteiger partial charge on any atom is 0.452 e. The van der Waals surface area contributed by atoms with Gasteiger partial charge in [-0.1, -0.05) is 36.4 Å². The van der Waals surface area contributed by atoms with Gasteiger partial charge in [-0.15, -0.1) is 0 Å². The van der Waals surface area contributed by atoms with E-state index in [1.807, 2.05) is 18.4 Å². The lowest BCUT2D eigenvalue weighted by atomic mass is 10.2. The van der Waals surface area contributed by atoms with Crippen LogP contribution >= 0.6 is 19.4 Å². The van der Waals surface area contributed by atoms with Gasteiger partial charge in [-0.3, -0.25) is 4.79 Å². The number of amides is 2. The second-order valence-electron chi connectivity index (χ2n) is 8.52. The second-order valence-corrected chi connectivity index (χ2v) is 11.6. The fourth-order valence-corrected chi connectivity index (χ4v) is 5.28. The number of thioether (sulfide) groups is 1. The van der Waals surface area contributed by atoms with Crippen molar-refractivity contribution in [3.63, 3.8) is 0 Å². The van der Waals surface area contributed by atoms with Gasteiger partial charge in [0.2, 0.25) is 5.91 Å². The highest BCUT2D eigenvalue weighted by atomic mass is 32.2. The van der Waals surface area contributed by atoms with Gasteiger partial charge in [-0.05, 0) is 70.4 Å². The van der Waals surface area contributed by atoms with Crippen molar-refractivity contribution < 1.29 is 27.9 Å². The first-order valence-electron chi connectivity index (χ1n) is 10.9. The molecule has 0 fully saturated rings. The molecule has 0 saturated carbocycles. The van der Waals surface area contributed by atoms with Crippen LogP contribution in [-0.2, 0) is 14.1 Å². The molecule has 2 atom stereocenters. The standard InChI is InChI=1S/C24H33N2O6PS/c1-18(25-23(28)30-24(2,3)4)22(27)26-21(16-17-34-5)33(29,31-19-12-8-6-9-13-19)32-20-14-10-7-11-15-20/h6-15,18,21H,16-17H2,1-5H3,(H,25,28)(H,26,27)/t18-,21?/m0/s1. The molecular weight excluding hydrogens is 475 g/mol. The highest BCUT2D eigenvalue weighted by Crippen LogP contribution is 2.53. The van der Waals surface area contributed by atoms with Crippen LogP contribution in [0.2, 0.25) is 0 Å². The van der Waals surface area contributed by atoms with Crippen molar-refractivity contribution in [1.82, 2.24) is 10.6 Å². The highest BCUT2D eigenvalue weighted by Gasteiger charge is 2.41. The summed E-state index contributed by atoms with van der Waals surface area (Å²) in [7, 11) is -3.95. The smallest absolute Gasteiger partial charge is 0.444 e. The van der Waals surface area contributed by atoms with Crippen LogP contribution in [0.15, 0.2) is 60.7 Å². The molecule has 1 unspecified atom stereocenters. The van der Waals surface area contributed by atoms with Gasteiger partial charge in [-0.2, -0.15) is 11.8 Å². The molecule has 2 amide bonds. The minimum Gasteiger partial charge on any atom is -0.444 e. The molecule has 0 spiro atoms. The molecule has 34 heavy (non-hydrogen) atoms. The zero-order chi connectivity index (χ0) is 25.2. The third-order valence-corrected chi connectivity index (χ3v) is 7.09. The lowest BCUT2D eigenvalue weighted by Crippen LogP contribution is -2.49. The maximum atomic E-state index is 14.1. The molecule has 0 radical (unpaired) electrons. The van der Waals surface area contributed by atoms with Gasteiger partial charge >= 0.3 is 13.7 Å². The fraction of sp³-hybridized carbons (Fsp3) is 0.417. The van der Waals surface area contributed by atoms with Gasteiger partial charge in [0.25, 0.3) is 0 Å². The Morgan fingerprint density at radius 3 is 1.88 bits per heavy atom. The second kappa shape index (κ2) is 12.7. The summed E-state index contributed by atoms with van der Waals surface area (Å²) in [6.45, 7) is 6.71. The van der Waals surface area contributed by atoms with E-state index in [0.717, 1.165) is 0 Å². The van der Waals surface area contributed by atoms with Crippen LogP contribution in [0.5, 0.6) is 11.5 Å². The van der Waals surface area contributed by atoms with Gasteiger partial charge in [0.1, 0.15) is 23.1 Å². The predicted octanol–water partition coefficient (Wildman–Crippen LogP) is 5.45. The molecule has 0 aliphatic carbocycles. The van der Waals surface area contributed by atoms with Crippen molar-refractivity contribution in [2.24, 2.45) is 0 Å². The summed E-state index contributed by atoms with van der Waals surface area (Å²) in [5.74, 6) is -0.199. The lowest BCUT2D eigenvalue weighted by Gasteiger charge is -2.29. The Morgan fingerprint density at radius 1 is 0.941 bits per heavy atom. The molecule has 0 aliphatic heterocycles. The summed E-state index contributed by atoms with van der Waals surface area (Å²) >= 11 is 1.54. The van der Waals surface area contributed by atoms with Crippen LogP contribution in [-0.4, -0.2) is 41.4 Å². The quantitative estimate of drug-likeness (QED) is 0.389. The summed E-state index contributed by atoms with van der Waals surface area (Å²) in [5.41, 5.74) is -0.704. The number of hydrogen-bond donors (Lipinski definition) is 2. The summed E-state index contributed by atoms with van der Waals surface area (Å²) in [4.78, 5) is 25.0.